The van der Waals surface area contributed by atoms with Crippen LogP contribution in [-0.4, -0.2) is 32.1 Å². The fraction of sp³-hybridized carbons (Fsp3) is 0.231. The average Bonchev–Trinajstić information content (AvgIpc) is 3.20. The number of aliphatic hydroxyl groups is 2. The molecule has 0 spiro atoms. The number of rotatable bonds is 8. The number of amides is 1. The van der Waals surface area contributed by atoms with Crippen LogP contribution in [0.15, 0.2) is 60.8 Å². The molecule has 182 valence electrons. The van der Waals surface area contributed by atoms with Gasteiger partial charge in [-0.3, -0.25) is 9.20 Å². The van der Waals surface area contributed by atoms with E-state index in [1.54, 1.807) is 56.4 Å². The van der Waals surface area contributed by atoms with Crippen molar-refractivity contribution in [2.24, 2.45) is 0 Å². The minimum Gasteiger partial charge on any atom is -0.485 e. The lowest BCUT2D eigenvalue weighted by Crippen LogP contribution is -2.46. The minimum absolute atomic E-state index is 0.171. The van der Waals surface area contributed by atoms with Crippen molar-refractivity contribution in [3.05, 3.63) is 101 Å². The van der Waals surface area contributed by atoms with Gasteiger partial charge in [0.15, 0.2) is 11.4 Å². The summed E-state index contributed by atoms with van der Waals surface area (Å²) >= 11 is 0. The number of ether oxygens (including phenoxy) is 1. The highest BCUT2D eigenvalue weighted by molar-refractivity contribution is 5.95. The van der Waals surface area contributed by atoms with E-state index in [-0.39, 0.29) is 36.8 Å². The lowest BCUT2D eigenvalue weighted by molar-refractivity contribution is 0.0842. The van der Waals surface area contributed by atoms with Crippen molar-refractivity contribution in [1.82, 2.24) is 14.7 Å². The van der Waals surface area contributed by atoms with Crippen molar-refractivity contribution in [3.63, 3.8) is 0 Å². The average molecular weight is 481 g/mol. The Hall–Kier alpha value is -3.82. The van der Waals surface area contributed by atoms with Crippen LogP contribution in [-0.2, 0) is 18.8 Å². The zero-order valence-corrected chi connectivity index (χ0v) is 19.3. The van der Waals surface area contributed by atoms with Gasteiger partial charge in [0.05, 0.1) is 30.0 Å². The van der Waals surface area contributed by atoms with Gasteiger partial charge in [0.25, 0.3) is 5.91 Å². The van der Waals surface area contributed by atoms with Crippen molar-refractivity contribution >= 4 is 11.6 Å². The summed E-state index contributed by atoms with van der Waals surface area (Å²) in [5, 5.41) is 22.4. The van der Waals surface area contributed by atoms with Gasteiger partial charge in [-0.05, 0) is 49.2 Å². The topological polar surface area (TPSA) is 96.1 Å². The third kappa shape index (κ3) is 4.73. The highest BCUT2D eigenvalue weighted by Crippen LogP contribution is 2.26. The van der Waals surface area contributed by atoms with Crippen LogP contribution in [0.4, 0.5) is 8.78 Å². The fourth-order valence-electron chi connectivity index (χ4n) is 3.89. The molecule has 3 N–H and O–H groups in total. The molecule has 0 bridgehead atoms. The number of carbonyl (C=O) groups is 1. The number of imidazole rings is 1. The monoisotopic (exact) mass is 481 g/mol. The summed E-state index contributed by atoms with van der Waals surface area (Å²) in [5.74, 6) is -1.67. The van der Waals surface area contributed by atoms with Gasteiger partial charge in [-0.2, -0.15) is 0 Å². The van der Waals surface area contributed by atoms with E-state index in [0.29, 0.717) is 22.5 Å². The summed E-state index contributed by atoms with van der Waals surface area (Å²) < 4.78 is 35.2. The van der Waals surface area contributed by atoms with Gasteiger partial charge in [0, 0.05) is 6.20 Å². The van der Waals surface area contributed by atoms with E-state index in [1.807, 2.05) is 0 Å². The third-order valence-electron chi connectivity index (χ3n) is 5.89. The van der Waals surface area contributed by atoms with Gasteiger partial charge < -0.3 is 20.3 Å². The number of hydrogen-bond donors (Lipinski definition) is 3. The second kappa shape index (κ2) is 9.81. The van der Waals surface area contributed by atoms with E-state index in [1.165, 1.54) is 10.5 Å². The number of nitrogens with zero attached hydrogens (tertiary/aromatic N) is 2. The number of carbonyl (C=O) groups excluding carboxylic acids is 1. The molecule has 0 aliphatic carbocycles. The summed E-state index contributed by atoms with van der Waals surface area (Å²) in [6.07, 6.45) is 1.63. The molecule has 0 saturated carbocycles. The Bertz CT molecular complexity index is 1370. The SMILES string of the molecule is Cc1nc2c(OCc3c(F)cccc3F)cccn2c1C(=O)N[C@@](C)(CO)c1cccc(CO)c1. The number of hydrogen-bond acceptors (Lipinski definition) is 5. The standard InChI is InChI=1S/C26H25F2N3O4/c1-16-23(25(34)30-26(2,15-33)18-7-3-6-17(12-18)13-32)31-11-5-10-22(24(31)29-16)35-14-19-20(27)8-4-9-21(19)28/h3-12,32-33H,13-15H2,1-2H3,(H,30,34)/t26-/m0/s1. The van der Waals surface area contributed by atoms with Crippen molar-refractivity contribution in [3.8, 4) is 5.75 Å². The van der Waals surface area contributed by atoms with E-state index in [9.17, 15) is 23.8 Å². The molecule has 2 aromatic heterocycles. The van der Waals surface area contributed by atoms with Crippen molar-refractivity contribution < 1.29 is 28.5 Å². The molecular weight excluding hydrogens is 456 g/mol. The maximum atomic E-state index is 14.0. The number of nitrogens with one attached hydrogen (secondary N) is 1. The van der Waals surface area contributed by atoms with Crippen LogP contribution in [0.2, 0.25) is 0 Å². The molecule has 1 amide bonds. The number of benzene rings is 2. The quantitative estimate of drug-likeness (QED) is 0.357. The van der Waals surface area contributed by atoms with E-state index in [4.69, 9.17) is 4.74 Å². The Balaban J connectivity index is 1.64. The zero-order chi connectivity index (χ0) is 25.2. The molecule has 1 atom stereocenters. The predicted octanol–water partition coefficient (Wildman–Crippen LogP) is 3.63. The number of halogens is 2. The van der Waals surface area contributed by atoms with E-state index in [0.717, 1.165) is 12.1 Å². The highest BCUT2D eigenvalue weighted by Gasteiger charge is 2.31. The Morgan fingerprint density at radius 1 is 1.11 bits per heavy atom. The molecule has 4 rings (SSSR count). The molecule has 0 aliphatic heterocycles. The number of aromatic nitrogens is 2. The second-order valence-electron chi connectivity index (χ2n) is 8.40. The fourth-order valence-corrected chi connectivity index (χ4v) is 3.89. The molecular formula is C26H25F2N3O4. The Morgan fingerprint density at radius 3 is 2.51 bits per heavy atom. The van der Waals surface area contributed by atoms with Crippen LogP contribution in [0.1, 0.15) is 39.8 Å². The summed E-state index contributed by atoms with van der Waals surface area (Å²) in [7, 11) is 0. The third-order valence-corrected chi connectivity index (χ3v) is 5.89. The van der Waals surface area contributed by atoms with Crippen molar-refractivity contribution in [2.75, 3.05) is 6.61 Å². The first kappa shape index (κ1) is 24.3. The van der Waals surface area contributed by atoms with Crippen LogP contribution in [0.5, 0.6) is 5.75 Å². The Morgan fingerprint density at radius 2 is 1.83 bits per heavy atom. The molecule has 0 saturated heterocycles. The first-order valence-corrected chi connectivity index (χ1v) is 10.9. The van der Waals surface area contributed by atoms with Crippen molar-refractivity contribution in [2.45, 2.75) is 32.6 Å². The van der Waals surface area contributed by atoms with Crippen LogP contribution in [0.3, 0.4) is 0 Å². The number of aliphatic hydroxyl groups excluding tert-OH is 2. The van der Waals surface area contributed by atoms with Gasteiger partial charge >= 0.3 is 0 Å². The maximum absolute atomic E-state index is 14.0. The van der Waals surface area contributed by atoms with Crippen LogP contribution < -0.4 is 10.1 Å². The maximum Gasteiger partial charge on any atom is 0.270 e. The summed E-state index contributed by atoms with van der Waals surface area (Å²) in [5.41, 5.74) is 0.868. The first-order valence-electron chi connectivity index (χ1n) is 10.9. The smallest absolute Gasteiger partial charge is 0.270 e. The number of pyridine rings is 1. The highest BCUT2D eigenvalue weighted by atomic mass is 19.1. The molecule has 0 aliphatic rings. The zero-order valence-electron chi connectivity index (χ0n) is 19.3. The van der Waals surface area contributed by atoms with Crippen molar-refractivity contribution in [1.29, 1.82) is 0 Å². The van der Waals surface area contributed by atoms with E-state index >= 15 is 0 Å². The Labute approximate surface area is 200 Å². The minimum atomic E-state index is -1.13. The molecule has 2 aromatic carbocycles. The molecule has 0 fully saturated rings. The second-order valence-corrected chi connectivity index (χ2v) is 8.40. The molecule has 9 heteroatoms. The lowest BCUT2D eigenvalue weighted by atomic mass is 9.91. The van der Waals surface area contributed by atoms with Gasteiger partial charge in [-0.1, -0.05) is 30.3 Å². The van der Waals surface area contributed by atoms with E-state index < -0.39 is 23.1 Å². The molecule has 35 heavy (non-hydrogen) atoms. The molecule has 2 heterocycles. The predicted molar refractivity (Wildman–Crippen MR) is 125 cm³/mol. The van der Waals surface area contributed by atoms with Gasteiger partial charge in [0.1, 0.15) is 23.9 Å². The summed E-state index contributed by atoms with van der Waals surface area (Å²) in [6, 6.07) is 13.8. The number of fused-ring (bicyclic) bond motifs is 1. The lowest BCUT2D eigenvalue weighted by Gasteiger charge is -2.29. The summed E-state index contributed by atoms with van der Waals surface area (Å²) in [4.78, 5) is 17.8. The normalized spacial score (nSPS) is 13.0. The molecule has 7 nitrogen and oxygen atoms in total. The summed E-state index contributed by atoms with van der Waals surface area (Å²) in [6.45, 7) is 2.43. The van der Waals surface area contributed by atoms with Gasteiger partial charge in [-0.15, -0.1) is 0 Å². The number of aryl methyl sites for hydroxylation is 1. The molecule has 4 aromatic rings. The largest absolute Gasteiger partial charge is 0.485 e. The van der Waals surface area contributed by atoms with Crippen LogP contribution >= 0.6 is 0 Å². The molecule has 0 unspecified atom stereocenters. The van der Waals surface area contributed by atoms with Gasteiger partial charge in [-0.25, -0.2) is 13.8 Å². The molecule has 0 radical (unpaired) electrons. The van der Waals surface area contributed by atoms with E-state index in [2.05, 4.69) is 10.3 Å². The Kier molecular flexibility index (Phi) is 6.81. The van der Waals surface area contributed by atoms with Gasteiger partial charge in [0.2, 0.25) is 0 Å². The van der Waals surface area contributed by atoms with Crippen LogP contribution in [0.25, 0.3) is 5.65 Å². The first-order chi connectivity index (χ1) is 16.8. The van der Waals surface area contributed by atoms with Crippen LogP contribution in [0, 0.1) is 18.6 Å².